The van der Waals surface area contributed by atoms with Gasteiger partial charge in [-0.25, -0.2) is 0 Å². The predicted molar refractivity (Wildman–Crippen MR) is 94.5 cm³/mol. The van der Waals surface area contributed by atoms with Crippen molar-refractivity contribution in [3.05, 3.63) is 35.4 Å². The van der Waals surface area contributed by atoms with Gasteiger partial charge in [0, 0.05) is 20.1 Å². The Labute approximate surface area is 146 Å². The van der Waals surface area contributed by atoms with E-state index >= 15 is 0 Å². The van der Waals surface area contributed by atoms with E-state index in [2.05, 4.69) is 29.5 Å². The molecule has 22 heavy (non-hydrogen) atoms. The number of benzene rings is 1. The summed E-state index contributed by atoms with van der Waals surface area (Å²) in [5, 5.41) is 6.14. The Kier molecular flexibility index (Phi) is 9.47. The molecule has 0 amide bonds. The third-order valence-electron chi connectivity index (χ3n) is 2.95. The van der Waals surface area contributed by atoms with Crippen LogP contribution in [-0.4, -0.2) is 19.6 Å². The van der Waals surface area contributed by atoms with E-state index in [9.17, 15) is 13.2 Å². The summed E-state index contributed by atoms with van der Waals surface area (Å²) in [4.78, 5) is 4.04. The van der Waals surface area contributed by atoms with E-state index in [-0.39, 0.29) is 24.0 Å². The van der Waals surface area contributed by atoms with Crippen molar-refractivity contribution in [1.82, 2.24) is 10.6 Å². The Bertz CT molecular complexity index is 473. The van der Waals surface area contributed by atoms with E-state index in [4.69, 9.17) is 0 Å². The van der Waals surface area contributed by atoms with Crippen LogP contribution in [0.2, 0.25) is 0 Å². The summed E-state index contributed by atoms with van der Waals surface area (Å²) < 4.78 is 37.9. The van der Waals surface area contributed by atoms with Gasteiger partial charge in [-0.2, -0.15) is 13.2 Å². The lowest BCUT2D eigenvalue weighted by molar-refractivity contribution is -0.137. The van der Waals surface area contributed by atoms with Crippen LogP contribution in [0.4, 0.5) is 13.2 Å². The van der Waals surface area contributed by atoms with Crippen LogP contribution in [0.5, 0.6) is 0 Å². The van der Waals surface area contributed by atoms with Crippen LogP contribution in [0.25, 0.3) is 0 Å². The maximum absolute atomic E-state index is 12.6. The highest BCUT2D eigenvalue weighted by molar-refractivity contribution is 14.0. The minimum absolute atomic E-state index is 0. The fourth-order valence-electron chi connectivity index (χ4n) is 1.74. The number of nitrogens with zero attached hydrogens (tertiary/aromatic N) is 1. The first-order valence-corrected chi connectivity index (χ1v) is 6.93. The molecule has 0 aliphatic carbocycles. The molecule has 0 spiro atoms. The highest BCUT2D eigenvalue weighted by Crippen LogP contribution is 2.29. The number of halogens is 4. The number of hydrogen-bond donors (Lipinski definition) is 2. The molecule has 1 aromatic rings. The second-order valence-corrected chi connectivity index (χ2v) is 5.23. The zero-order valence-electron chi connectivity index (χ0n) is 13.0. The van der Waals surface area contributed by atoms with Gasteiger partial charge in [0.2, 0.25) is 0 Å². The summed E-state index contributed by atoms with van der Waals surface area (Å²) in [6.07, 6.45) is -3.31. The second kappa shape index (κ2) is 9.91. The van der Waals surface area contributed by atoms with Gasteiger partial charge in [0.25, 0.3) is 0 Å². The van der Waals surface area contributed by atoms with E-state index in [0.29, 0.717) is 24.0 Å². The number of guanidine groups is 1. The standard InChI is InChI=1S/C15H22F3N3.HI/c1-11(2)7-8-20-14(19-3)21-10-12-5-4-6-13(9-12)15(16,17)18;/h4-6,9,11H,7-8,10H2,1-3H3,(H2,19,20,21);1H. The molecule has 2 N–H and O–H groups in total. The zero-order valence-corrected chi connectivity index (χ0v) is 15.3. The monoisotopic (exact) mass is 429 g/mol. The Morgan fingerprint density at radius 3 is 2.45 bits per heavy atom. The molecule has 0 heterocycles. The average molecular weight is 429 g/mol. The number of aliphatic imine (C=N–C) groups is 1. The molecule has 0 saturated carbocycles. The van der Waals surface area contributed by atoms with Crippen LogP contribution in [0.15, 0.2) is 29.3 Å². The van der Waals surface area contributed by atoms with Gasteiger partial charge in [-0.15, -0.1) is 24.0 Å². The highest BCUT2D eigenvalue weighted by Gasteiger charge is 2.30. The smallest absolute Gasteiger partial charge is 0.356 e. The van der Waals surface area contributed by atoms with Crippen LogP contribution in [0.3, 0.4) is 0 Å². The Hall–Kier alpha value is -0.990. The predicted octanol–water partition coefficient (Wildman–Crippen LogP) is 4.03. The summed E-state index contributed by atoms with van der Waals surface area (Å²) in [6, 6.07) is 5.28. The average Bonchev–Trinajstić information content (AvgIpc) is 2.41. The first-order valence-electron chi connectivity index (χ1n) is 6.93. The lowest BCUT2D eigenvalue weighted by atomic mass is 10.1. The molecule has 126 valence electrons. The molecule has 0 fully saturated rings. The molecule has 0 saturated heterocycles. The van der Waals surface area contributed by atoms with Crippen LogP contribution in [0.1, 0.15) is 31.4 Å². The third kappa shape index (κ3) is 7.86. The largest absolute Gasteiger partial charge is 0.416 e. The topological polar surface area (TPSA) is 36.4 Å². The Morgan fingerprint density at radius 1 is 1.23 bits per heavy atom. The molecule has 0 aromatic heterocycles. The van der Waals surface area contributed by atoms with Crippen molar-refractivity contribution in [3.8, 4) is 0 Å². The molecule has 0 atom stereocenters. The first kappa shape index (κ1) is 21.0. The molecular formula is C15H23F3IN3. The lowest BCUT2D eigenvalue weighted by Crippen LogP contribution is -2.37. The molecule has 0 aliphatic rings. The molecule has 1 rings (SSSR count). The van der Waals surface area contributed by atoms with Crippen LogP contribution >= 0.6 is 24.0 Å². The number of rotatable bonds is 5. The van der Waals surface area contributed by atoms with Gasteiger partial charge in [0.15, 0.2) is 5.96 Å². The van der Waals surface area contributed by atoms with Crippen LogP contribution in [0, 0.1) is 5.92 Å². The lowest BCUT2D eigenvalue weighted by Gasteiger charge is -2.14. The van der Waals surface area contributed by atoms with Gasteiger partial charge in [-0.3, -0.25) is 4.99 Å². The summed E-state index contributed by atoms with van der Waals surface area (Å²) in [7, 11) is 1.64. The maximum atomic E-state index is 12.6. The van der Waals surface area contributed by atoms with Crippen molar-refractivity contribution in [2.75, 3.05) is 13.6 Å². The molecule has 0 bridgehead atoms. The van der Waals surface area contributed by atoms with Gasteiger partial charge in [-0.1, -0.05) is 26.0 Å². The van der Waals surface area contributed by atoms with Gasteiger partial charge >= 0.3 is 6.18 Å². The van der Waals surface area contributed by atoms with Gasteiger partial charge in [-0.05, 0) is 30.0 Å². The van der Waals surface area contributed by atoms with Crippen LogP contribution in [-0.2, 0) is 12.7 Å². The molecule has 1 aromatic carbocycles. The van der Waals surface area contributed by atoms with Crippen molar-refractivity contribution in [1.29, 1.82) is 0 Å². The zero-order chi connectivity index (χ0) is 15.9. The van der Waals surface area contributed by atoms with E-state index in [1.54, 1.807) is 13.1 Å². The molecule has 0 radical (unpaired) electrons. The van der Waals surface area contributed by atoms with Gasteiger partial charge in [0.1, 0.15) is 0 Å². The van der Waals surface area contributed by atoms with E-state index in [1.807, 2.05) is 0 Å². The summed E-state index contributed by atoms with van der Waals surface area (Å²) in [5.41, 5.74) is -0.0683. The first-order chi connectivity index (χ1) is 9.82. The van der Waals surface area contributed by atoms with Crippen molar-refractivity contribution < 1.29 is 13.2 Å². The molecule has 0 unspecified atom stereocenters. The molecule has 7 heteroatoms. The molecular weight excluding hydrogens is 406 g/mol. The van der Waals surface area contributed by atoms with Crippen molar-refractivity contribution >= 4 is 29.9 Å². The number of hydrogen-bond acceptors (Lipinski definition) is 1. The summed E-state index contributed by atoms with van der Waals surface area (Å²) in [5.74, 6) is 1.17. The number of nitrogens with one attached hydrogen (secondary N) is 2. The van der Waals surface area contributed by atoms with E-state index in [0.717, 1.165) is 25.1 Å². The number of alkyl halides is 3. The van der Waals surface area contributed by atoms with Crippen molar-refractivity contribution in [2.24, 2.45) is 10.9 Å². The quantitative estimate of drug-likeness (QED) is 0.421. The van der Waals surface area contributed by atoms with Gasteiger partial charge in [0.05, 0.1) is 5.56 Å². The fraction of sp³-hybridized carbons (Fsp3) is 0.533. The Morgan fingerprint density at radius 2 is 1.91 bits per heavy atom. The summed E-state index contributed by atoms with van der Waals surface area (Å²) in [6.45, 7) is 5.33. The molecule has 0 aliphatic heterocycles. The van der Waals surface area contributed by atoms with Crippen molar-refractivity contribution in [3.63, 3.8) is 0 Å². The third-order valence-corrected chi connectivity index (χ3v) is 2.95. The van der Waals surface area contributed by atoms with E-state index < -0.39 is 11.7 Å². The minimum Gasteiger partial charge on any atom is -0.356 e. The maximum Gasteiger partial charge on any atom is 0.416 e. The summed E-state index contributed by atoms with van der Waals surface area (Å²) >= 11 is 0. The normalized spacial score (nSPS) is 12.0. The second-order valence-electron chi connectivity index (χ2n) is 5.23. The SMILES string of the molecule is CN=C(NCCC(C)C)NCc1cccc(C(F)(F)F)c1.I. The van der Waals surface area contributed by atoms with E-state index in [1.165, 1.54) is 6.07 Å². The fourth-order valence-corrected chi connectivity index (χ4v) is 1.74. The highest BCUT2D eigenvalue weighted by atomic mass is 127. The minimum atomic E-state index is -4.31. The molecule has 3 nitrogen and oxygen atoms in total. The van der Waals surface area contributed by atoms with Crippen molar-refractivity contribution in [2.45, 2.75) is 33.0 Å². The Balaban J connectivity index is 0.00000441. The van der Waals surface area contributed by atoms with Gasteiger partial charge < -0.3 is 10.6 Å². The van der Waals surface area contributed by atoms with Crippen LogP contribution < -0.4 is 10.6 Å².